The Morgan fingerprint density at radius 2 is 2.09 bits per heavy atom. The number of hydrogen-bond acceptors (Lipinski definition) is 2. The number of aldehydes is 1. The van der Waals surface area contributed by atoms with Crippen molar-refractivity contribution in [3.8, 4) is 0 Å². The number of carbonyl (C=O) groups is 1. The zero-order valence-corrected chi connectivity index (χ0v) is 6.96. The van der Waals surface area contributed by atoms with Crippen LogP contribution in [-0.4, -0.2) is 36.5 Å². The Balaban J connectivity index is 2.23. The number of halogens is 1. The fourth-order valence-corrected chi connectivity index (χ4v) is 1.28. The van der Waals surface area contributed by atoms with Crippen LogP contribution in [0.1, 0.15) is 13.8 Å². The van der Waals surface area contributed by atoms with Crippen LogP contribution >= 0.6 is 0 Å². The first kappa shape index (κ1) is 8.65. The Hall–Kier alpha value is -0.440. The van der Waals surface area contributed by atoms with Gasteiger partial charge in [0.1, 0.15) is 0 Å². The van der Waals surface area contributed by atoms with Gasteiger partial charge in [-0.05, 0) is 13.8 Å². The molecule has 1 rings (SSSR count). The van der Waals surface area contributed by atoms with Crippen molar-refractivity contribution in [2.24, 2.45) is 5.92 Å². The third kappa shape index (κ3) is 1.77. The van der Waals surface area contributed by atoms with Crippen molar-refractivity contribution in [2.45, 2.75) is 26.1 Å². The van der Waals surface area contributed by atoms with Crippen LogP contribution in [0.4, 0.5) is 4.39 Å². The van der Waals surface area contributed by atoms with Gasteiger partial charge in [-0.2, -0.15) is 0 Å². The molecule has 1 aliphatic heterocycles. The molecule has 0 bridgehead atoms. The fraction of sp³-hybridized carbons (Fsp3) is 0.875. The van der Waals surface area contributed by atoms with Crippen molar-refractivity contribution in [1.82, 2.24) is 4.90 Å². The molecule has 1 saturated heterocycles. The van der Waals surface area contributed by atoms with E-state index in [2.05, 4.69) is 18.7 Å². The molecular weight excluding hydrogens is 145 g/mol. The van der Waals surface area contributed by atoms with Crippen LogP contribution in [0.3, 0.4) is 0 Å². The van der Waals surface area contributed by atoms with E-state index in [9.17, 15) is 9.18 Å². The molecule has 1 unspecified atom stereocenters. The quantitative estimate of drug-likeness (QED) is 0.569. The van der Waals surface area contributed by atoms with Crippen molar-refractivity contribution in [2.75, 3.05) is 13.1 Å². The molecule has 0 spiro atoms. The fourth-order valence-electron chi connectivity index (χ4n) is 1.28. The molecule has 1 atom stereocenters. The number of nitrogens with zero attached hydrogens (tertiary/aromatic N) is 1. The normalized spacial score (nSPS) is 23.3. The summed E-state index contributed by atoms with van der Waals surface area (Å²) in [7, 11) is 0. The summed E-state index contributed by atoms with van der Waals surface area (Å²) >= 11 is 0. The summed E-state index contributed by atoms with van der Waals surface area (Å²) in [6, 6.07) is 0.477. The van der Waals surface area contributed by atoms with E-state index in [1.165, 1.54) is 0 Å². The first-order valence-electron chi connectivity index (χ1n) is 3.98. The molecule has 1 fully saturated rings. The van der Waals surface area contributed by atoms with E-state index in [0.717, 1.165) is 13.1 Å². The zero-order chi connectivity index (χ0) is 8.43. The van der Waals surface area contributed by atoms with Gasteiger partial charge in [-0.3, -0.25) is 0 Å². The van der Waals surface area contributed by atoms with Gasteiger partial charge < -0.3 is 9.69 Å². The lowest BCUT2D eigenvalue weighted by Crippen LogP contribution is -2.53. The second-order valence-electron chi connectivity index (χ2n) is 3.39. The highest BCUT2D eigenvalue weighted by atomic mass is 19.1. The van der Waals surface area contributed by atoms with Gasteiger partial charge >= 0.3 is 0 Å². The largest absolute Gasteiger partial charge is 0.300 e. The Labute approximate surface area is 66.4 Å². The van der Waals surface area contributed by atoms with Crippen LogP contribution in [0.2, 0.25) is 0 Å². The molecule has 0 aromatic rings. The highest BCUT2D eigenvalue weighted by Gasteiger charge is 2.34. The lowest BCUT2D eigenvalue weighted by molar-refractivity contribution is -0.116. The van der Waals surface area contributed by atoms with Crippen molar-refractivity contribution in [3.63, 3.8) is 0 Å². The minimum Gasteiger partial charge on any atom is -0.300 e. The first-order valence-corrected chi connectivity index (χ1v) is 3.98. The van der Waals surface area contributed by atoms with E-state index in [-0.39, 0.29) is 5.92 Å². The van der Waals surface area contributed by atoms with Crippen LogP contribution in [-0.2, 0) is 4.79 Å². The van der Waals surface area contributed by atoms with E-state index >= 15 is 0 Å². The van der Waals surface area contributed by atoms with E-state index in [1.807, 2.05) is 0 Å². The molecule has 0 aromatic heterocycles. The van der Waals surface area contributed by atoms with Crippen molar-refractivity contribution in [3.05, 3.63) is 0 Å². The van der Waals surface area contributed by atoms with Gasteiger partial charge in [0.25, 0.3) is 0 Å². The Kier molecular flexibility index (Phi) is 2.60. The average Bonchev–Trinajstić information content (AvgIpc) is 1.83. The Morgan fingerprint density at radius 3 is 2.45 bits per heavy atom. The predicted octanol–water partition coefficient (Wildman–Crippen LogP) is 0.864. The maximum absolute atomic E-state index is 12.6. The van der Waals surface area contributed by atoms with Crippen molar-refractivity contribution < 1.29 is 9.18 Å². The molecule has 1 heterocycles. The number of carbonyl (C=O) groups excluding carboxylic acids is 1. The minimum absolute atomic E-state index is 0.0464. The maximum atomic E-state index is 12.6. The number of rotatable bonds is 3. The smallest absolute Gasteiger partial charge is 0.160 e. The average molecular weight is 159 g/mol. The molecular formula is C8H14FNO. The summed E-state index contributed by atoms with van der Waals surface area (Å²) in [4.78, 5) is 12.2. The maximum Gasteiger partial charge on any atom is 0.160 e. The number of hydrogen-bond donors (Lipinski definition) is 0. The van der Waals surface area contributed by atoms with Gasteiger partial charge in [0, 0.05) is 25.0 Å². The molecule has 1 aliphatic rings. The highest BCUT2D eigenvalue weighted by molar-refractivity contribution is 5.56. The van der Waals surface area contributed by atoms with Gasteiger partial charge in [0.15, 0.2) is 12.5 Å². The second kappa shape index (κ2) is 3.30. The lowest BCUT2D eigenvalue weighted by Gasteiger charge is -2.42. The van der Waals surface area contributed by atoms with Gasteiger partial charge in [0.05, 0.1) is 0 Å². The molecule has 11 heavy (non-hydrogen) atoms. The summed E-state index contributed by atoms with van der Waals surface area (Å²) < 4.78 is 12.6. The third-order valence-electron chi connectivity index (χ3n) is 2.25. The van der Waals surface area contributed by atoms with Crippen molar-refractivity contribution >= 4 is 6.29 Å². The van der Waals surface area contributed by atoms with Crippen LogP contribution in [0, 0.1) is 5.92 Å². The molecule has 0 saturated carbocycles. The van der Waals surface area contributed by atoms with E-state index in [1.54, 1.807) is 0 Å². The summed E-state index contributed by atoms with van der Waals surface area (Å²) in [5.41, 5.74) is 0. The van der Waals surface area contributed by atoms with Crippen LogP contribution < -0.4 is 0 Å². The van der Waals surface area contributed by atoms with E-state index < -0.39 is 6.17 Å². The number of alkyl halides is 1. The highest BCUT2D eigenvalue weighted by Crippen LogP contribution is 2.22. The summed E-state index contributed by atoms with van der Waals surface area (Å²) in [6.07, 6.45) is -0.840. The SMILES string of the molecule is CC(C)N1CC(C(F)C=O)C1. The zero-order valence-electron chi connectivity index (χ0n) is 6.96. The van der Waals surface area contributed by atoms with Gasteiger partial charge in [-0.15, -0.1) is 0 Å². The Bertz CT molecular complexity index is 143. The van der Waals surface area contributed by atoms with E-state index in [4.69, 9.17) is 0 Å². The molecule has 0 aliphatic carbocycles. The minimum atomic E-state index is -1.25. The lowest BCUT2D eigenvalue weighted by atomic mass is 9.94. The second-order valence-corrected chi connectivity index (χ2v) is 3.39. The molecule has 0 amide bonds. The first-order chi connectivity index (χ1) is 5.15. The van der Waals surface area contributed by atoms with Gasteiger partial charge in [-0.25, -0.2) is 4.39 Å². The molecule has 0 N–H and O–H groups in total. The standard InChI is InChI=1S/C8H14FNO/c1-6(2)10-3-7(4-10)8(9)5-11/h5-8H,3-4H2,1-2H3. The third-order valence-corrected chi connectivity index (χ3v) is 2.25. The summed E-state index contributed by atoms with van der Waals surface area (Å²) in [5.74, 6) is -0.0464. The number of likely N-dealkylation sites (tertiary alicyclic amines) is 1. The molecule has 2 nitrogen and oxygen atoms in total. The molecule has 0 aromatic carbocycles. The van der Waals surface area contributed by atoms with Crippen LogP contribution in [0.25, 0.3) is 0 Å². The predicted molar refractivity (Wildman–Crippen MR) is 41.2 cm³/mol. The Morgan fingerprint density at radius 1 is 1.55 bits per heavy atom. The summed E-state index contributed by atoms with van der Waals surface area (Å²) in [6.45, 7) is 5.61. The summed E-state index contributed by atoms with van der Waals surface area (Å²) in [5, 5.41) is 0. The monoisotopic (exact) mass is 159 g/mol. The molecule has 3 heteroatoms. The van der Waals surface area contributed by atoms with Gasteiger partial charge in [0.2, 0.25) is 0 Å². The van der Waals surface area contributed by atoms with Crippen LogP contribution in [0.5, 0.6) is 0 Å². The van der Waals surface area contributed by atoms with Crippen molar-refractivity contribution in [1.29, 1.82) is 0 Å². The van der Waals surface area contributed by atoms with Crippen LogP contribution in [0.15, 0.2) is 0 Å². The molecule has 0 radical (unpaired) electrons. The van der Waals surface area contributed by atoms with E-state index in [0.29, 0.717) is 12.3 Å². The molecule has 64 valence electrons. The topological polar surface area (TPSA) is 20.3 Å². The van der Waals surface area contributed by atoms with Gasteiger partial charge in [-0.1, -0.05) is 0 Å².